The molecule has 1 aromatic carbocycles. The number of carbonyl (C=O) groups is 1. The van der Waals surface area contributed by atoms with E-state index in [0.29, 0.717) is 13.2 Å². The Hall–Kier alpha value is -1.42. The summed E-state index contributed by atoms with van der Waals surface area (Å²) < 4.78 is 38.1. The highest BCUT2D eigenvalue weighted by atomic mass is 32.2. The molecule has 0 spiro atoms. The van der Waals surface area contributed by atoms with Gasteiger partial charge in [0.25, 0.3) is 8.32 Å². The van der Waals surface area contributed by atoms with Gasteiger partial charge in [-0.2, -0.15) is 4.31 Å². The maximum Gasteiger partial charge on any atom is 0.339 e. The lowest BCUT2D eigenvalue weighted by molar-refractivity contribution is 0.0693. The van der Waals surface area contributed by atoms with Gasteiger partial charge in [-0.1, -0.05) is 20.8 Å². The molecule has 0 amide bonds. The molecule has 2 rings (SSSR count). The van der Waals surface area contributed by atoms with Crippen molar-refractivity contribution in [2.24, 2.45) is 0 Å². The van der Waals surface area contributed by atoms with Crippen LogP contribution >= 0.6 is 0 Å². The highest BCUT2D eigenvalue weighted by molar-refractivity contribution is 7.89. The van der Waals surface area contributed by atoms with Gasteiger partial charge >= 0.3 is 5.97 Å². The Morgan fingerprint density at radius 1 is 1.23 bits per heavy atom. The molecule has 1 saturated heterocycles. The maximum absolute atomic E-state index is 12.8. The lowest BCUT2D eigenvalue weighted by Gasteiger charge is -2.36. The Bertz CT molecular complexity index is 779. The molecule has 0 radical (unpaired) electrons. The van der Waals surface area contributed by atoms with Crippen LogP contribution < -0.4 is 4.43 Å². The van der Waals surface area contributed by atoms with Crippen LogP contribution in [0.3, 0.4) is 0 Å². The van der Waals surface area contributed by atoms with Gasteiger partial charge in [0.15, 0.2) is 0 Å². The van der Waals surface area contributed by atoms with Crippen LogP contribution in [0, 0.1) is 0 Å². The van der Waals surface area contributed by atoms with Crippen LogP contribution in [0.4, 0.5) is 0 Å². The maximum atomic E-state index is 12.8. The fourth-order valence-electron chi connectivity index (χ4n) is 2.29. The second-order valence-corrected chi connectivity index (χ2v) is 14.5. The third kappa shape index (κ3) is 4.28. The molecule has 26 heavy (non-hydrogen) atoms. The number of morpholine rings is 1. The van der Waals surface area contributed by atoms with E-state index in [1.54, 1.807) is 0 Å². The molecule has 0 aromatic heterocycles. The van der Waals surface area contributed by atoms with Crippen LogP contribution in [-0.2, 0) is 14.8 Å². The SMILES string of the molecule is CC(C)(C)[Si](C)(C)Oc1ccc(S(=O)(=O)N2CCOCC2)cc1C(=O)O. The third-order valence-corrected chi connectivity index (χ3v) is 11.2. The quantitative estimate of drug-likeness (QED) is 0.763. The topological polar surface area (TPSA) is 93.1 Å². The smallest absolute Gasteiger partial charge is 0.339 e. The number of carboxylic acids is 1. The molecule has 0 aliphatic carbocycles. The molecule has 9 heteroatoms. The Morgan fingerprint density at radius 3 is 2.31 bits per heavy atom. The average molecular weight is 402 g/mol. The fraction of sp³-hybridized carbons (Fsp3) is 0.588. The minimum absolute atomic E-state index is 0.0422. The zero-order valence-electron chi connectivity index (χ0n) is 15.9. The number of sulfonamides is 1. The molecule has 1 heterocycles. The van der Waals surface area contributed by atoms with Gasteiger partial charge < -0.3 is 14.3 Å². The van der Waals surface area contributed by atoms with Crippen molar-refractivity contribution in [3.63, 3.8) is 0 Å². The fourth-order valence-corrected chi connectivity index (χ4v) is 4.76. The molecule has 1 aromatic rings. The predicted molar refractivity (Wildman–Crippen MR) is 101 cm³/mol. The number of ether oxygens (including phenoxy) is 1. The summed E-state index contributed by atoms with van der Waals surface area (Å²) in [5.74, 6) is -0.997. The Balaban J connectivity index is 2.42. The zero-order valence-corrected chi connectivity index (χ0v) is 17.7. The first-order valence-corrected chi connectivity index (χ1v) is 12.9. The van der Waals surface area contributed by atoms with Crippen molar-refractivity contribution >= 4 is 24.3 Å². The van der Waals surface area contributed by atoms with Gasteiger partial charge in [-0.3, -0.25) is 0 Å². The highest BCUT2D eigenvalue weighted by Crippen LogP contribution is 2.38. The second-order valence-electron chi connectivity index (χ2n) is 7.84. The van der Waals surface area contributed by atoms with Crippen LogP contribution in [0.1, 0.15) is 31.1 Å². The van der Waals surface area contributed by atoms with Crippen molar-refractivity contribution in [2.45, 2.75) is 43.8 Å². The van der Waals surface area contributed by atoms with Gasteiger partial charge in [0, 0.05) is 13.1 Å². The van der Waals surface area contributed by atoms with Crippen molar-refractivity contribution in [3.8, 4) is 5.75 Å². The standard InChI is InChI=1S/C17H27NO6SSi/c1-17(2,3)26(4,5)24-15-7-6-13(12-14(15)16(19)20)25(21,22)18-8-10-23-11-9-18/h6-7,12H,8-11H2,1-5H3,(H,19,20). The summed E-state index contributed by atoms with van der Waals surface area (Å²) in [6.07, 6.45) is 0. The molecular weight excluding hydrogens is 374 g/mol. The van der Waals surface area contributed by atoms with Gasteiger partial charge in [-0.15, -0.1) is 0 Å². The van der Waals surface area contributed by atoms with E-state index in [4.69, 9.17) is 9.16 Å². The van der Waals surface area contributed by atoms with Crippen molar-refractivity contribution in [1.29, 1.82) is 0 Å². The zero-order chi connectivity index (χ0) is 19.8. The van der Waals surface area contributed by atoms with E-state index < -0.39 is 24.3 Å². The van der Waals surface area contributed by atoms with Crippen LogP contribution in [-0.4, -0.2) is 58.4 Å². The van der Waals surface area contributed by atoms with Gasteiger partial charge in [0.05, 0.1) is 18.1 Å². The molecule has 1 N–H and O–H groups in total. The van der Waals surface area contributed by atoms with Gasteiger partial charge in [0.2, 0.25) is 10.0 Å². The monoisotopic (exact) mass is 401 g/mol. The molecule has 0 saturated carbocycles. The molecular formula is C17H27NO6SSi. The number of hydrogen-bond acceptors (Lipinski definition) is 5. The largest absolute Gasteiger partial charge is 0.543 e. The van der Waals surface area contributed by atoms with Crippen LogP contribution in [0.15, 0.2) is 23.1 Å². The molecule has 0 bridgehead atoms. The van der Waals surface area contributed by atoms with Gasteiger partial charge in [-0.05, 0) is 36.3 Å². The molecule has 0 unspecified atom stereocenters. The lowest BCUT2D eigenvalue weighted by atomic mass is 10.2. The number of rotatable bonds is 5. The van der Waals surface area contributed by atoms with Crippen molar-refractivity contribution in [3.05, 3.63) is 23.8 Å². The molecule has 146 valence electrons. The lowest BCUT2D eigenvalue weighted by Crippen LogP contribution is -2.44. The van der Waals surface area contributed by atoms with Crippen LogP contribution in [0.25, 0.3) is 0 Å². The summed E-state index contributed by atoms with van der Waals surface area (Å²) in [4.78, 5) is 11.7. The summed E-state index contributed by atoms with van der Waals surface area (Å²) in [5.41, 5.74) is -0.135. The third-order valence-electron chi connectivity index (χ3n) is 4.96. The van der Waals surface area contributed by atoms with Crippen molar-refractivity contribution < 1.29 is 27.5 Å². The van der Waals surface area contributed by atoms with E-state index in [9.17, 15) is 18.3 Å². The summed E-state index contributed by atoms with van der Waals surface area (Å²) in [5, 5.41) is 9.46. The van der Waals surface area contributed by atoms with Crippen LogP contribution in [0.2, 0.25) is 18.1 Å². The van der Waals surface area contributed by atoms with E-state index in [0.717, 1.165) is 0 Å². The second kappa shape index (κ2) is 7.30. The molecule has 7 nitrogen and oxygen atoms in total. The van der Waals surface area contributed by atoms with E-state index in [1.165, 1.54) is 22.5 Å². The van der Waals surface area contributed by atoms with Crippen LogP contribution in [0.5, 0.6) is 5.75 Å². The number of aromatic carboxylic acids is 1. The van der Waals surface area contributed by atoms with E-state index in [-0.39, 0.29) is 34.3 Å². The predicted octanol–water partition coefficient (Wildman–Crippen LogP) is 2.79. The number of carboxylic acid groups (broad SMARTS) is 1. The summed E-state index contributed by atoms with van der Waals surface area (Å²) in [6.45, 7) is 11.4. The Kier molecular flexibility index (Phi) is 5.86. The van der Waals surface area contributed by atoms with Gasteiger partial charge in [0.1, 0.15) is 11.3 Å². The van der Waals surface area contributed by atoms with E-state index >= 15 is 0 Å². The number of benzene rings is 1. The first-order chi connectivity index (χ1) is 11.9. The van der Waals surface area contributed by atoms with Gasteiger partial charge in [-0.25, -0.2) is 13.2 Å². The minimum Gasteiger partial charge on any atom is -0.543 e. The van der Waals surface area contributed by atoms with Crippen molar-refractivity contribution in [2.75, 3.05) is 26.3 Å². The Labute approximate surface area is 156 Å². The van der Waals surface area contributed by atoms with E-state index in [2.05, 4.69) is 20.8 Å². The molecule has 0 atom stereocenters. The highest BCUT2D eigenvalue weighted by Gasteiger charge is 2.40. The summed E-state index contributed by atoms with van der Waals surface area (Å²) >= 11 is 0. The average Bonchev–Trinajstić information content (AvgIpc) is 2.54. The van der Waals surface area contributed by atoms with Crippen molar-refractivity contribution in [1.82, 2.24) is 4.31 Å². The first-order valence-electron chi connectivity index (χ1n) is 8.50. The number of hydrogen-bond donors (Lipinski definition) is 1. The first kappa shape index (κ1) is 20.9. The molecule has 1 aliphatic heterocycles. The number of nitrogens with zero attached hydrogens (tertiary/aromatic N) is 1. The minimum atomic E-state index is -3.76. The van der Waals surface area contributed by atoms with E-state index in [1.807, 2.05) is 13.1 Å². The molecule has 1 aliphatic rings. The summed E-state index contributed by atoms with van der Waals surface area (Å²) in [6, 6.07) is 4.06. The Morgan fingerprint density at radius 2 is 1.81 bits per heavy atom. The summed E-state index contributed by atoms with van der Waals surface area (Å²) in [7, 11) is -6.02. The normalized spacial score (nSPS) is 17.1. The molecule has 1 fully saturated rings.